The van der Waals surface area contributed by atoms with Gasteiger partial charge >= 0.3 is 0 Å². The topological polar surface area (TPSA) is 26.3 Å². The molecule has 0 fully saturated rings. The second-order valence-electron chi connectivity index (χ2n) is 2.90. The van der Waals surface area contributed by atoms with Crippen LogP contribution in [-0.4, -0.2) is 18.8 Å². The Bertz CT molecular complexity index is 364. The maximum absolute atomic E-state index is 13.1. The molecule has 0 saturated heterocycles. The molecule has 1 aromatic rings. The second kappa shape index (κ2) is 4.82. The molecule has 2 nitrogen and oxygen atoms in total. The van der Waals surface area contributed by atoms with E-state index < -0.39 is 18.8 Å². The molecule has 0 bridgehead atoms. The fourth-order valence-corrected chi connectivity index (χ4v) is 0.990. The third kappa shape index (κ3) is 3.27. The summed E-state index contributed by atoms with van der Waals surface area (Å²) in [6.07, 6.45) is -2.66. The van der Waals surface area contributed by atoms with Crippen LogP contribution in [0.15, 0.2) is 18.2 Å². The van der Waals surface area contributed by atoms with E-state index in [1.807, 2.05) is 0 Å². The lowest BCUT2D eigenvalue weighted by atomic mass is 10.1. The highest BCUT2D eigenvalue weighted by Crippen LogP contribution is 2.19. The van der Waals surface area contributed by atoms with E-state index in [2.05, 4.69) is 4.74 Å². The van der Waals surface area contributed by atoms with E-state index in [9.17, 15) is 18.0 Å². The molecule has 0 amide bonds. The molecule has 0 radical (unpaired) electrons. The molecular weight excluding hydrogens is 209 g/mol. The van der Waals surface area contributed by atoms with Crippen molar-refractivity contribution in [1.82, 2.24) is 0 Å². The Hall–Kier alpha value is -1.52. The summed E-state index contributed by atoms with van der Waals surface area (Å²) in [7, 11) is 0. The smallest absolute Gasteiger partial charge is 0.272 e. The Morgan fingerprint density at radius 1 is 1.47 bits per heavy atom. The van der Waals surface area contributed by atoms with Crippen LogP contribution < -0.4 is 4.74 Å². The van der Waals surface area contributed by atoms with Crippen molar-refractivity contribution in [3.63, 3.8) is 0 Å². The van der Waals surface area contributed by atoms with Crippen LogP contribution in [0.5, 0.6) is 5.75 Å². The van der Waals surface area contributed by atoms with Crippen LogP contribution in [0.4, 0.5) is 13.2 Å². The van der Waals surface area contributed by atoms with Gasteiger partial charge in [0.1, 0.15) is 6.61 Å². The van der Waals surface area contributed by atoms with E-state index in [4.69, 9.17) is 0 Å². The van der Waals surface area contributed by atoms with Crippen molar-refractivity contribution in [3.8, 4) is 5.75 Å². The quantitative estimate of drug-likeness (QED) is 0.726. The number of hydrogen-bond donors (Lipinski definition) is 0. The van der Waals surface area contributed by atoms with E-state index in [-0.39, 0.29) is 17.1 Å². The third-order valence-corrected chi connectivity index (χ3v) is 1.70. The zero-order chi connectivity index (χ0) is 11.4. The Balaban J connectivity index is 2.79. The minimum absolute atomic E-state index is 0.178. The molecule has 0 aliphatic rings. The van der Waals surface area contributed by atoms with Gasteiger partial charge in [-0.05, 0) is 25.1 Å². The normalized spacial score (nSPS) is 10.5. The highest BCUT2D eigenvalue weighted by Gasteiger charge is 2.09. The number of Topliss-reactive ketones (excluding diaryl/α,β-unsaturated/α-hetero) is 1. The van der Waals surface area contributed by atoms with Gasteiger partial charge in [-0.25, -0.2) is 13.2 Å². The standard InChI is InChI=1S/C10H9F3O2/c1-6(14)7-2-3-9(8(11)4-7)15-5-10(12)13/h2-4,10H,5H2,1H3. The van der Waals surface area contributed by atoms with Gasteiger partial charge in [0.2, 0.25) is 0 Å². The minimum atomic E-state index is -2.66. The lowest BCUT2D eigenvalue weighted by Gasteiger charge is -2.06. The average Bonchev–Trinajstić information content (AvgIpc) is 2.15. The second-order valence-corrected chi connectivity index (χ2v) is 2.90. The van der Waals surface area contributed by atoms with Crippen molar-refractivity contribution in [2.45, 2.75) is 13.3 Å². The summed E-state index contributed by atoms with van der Waals surface area (Å²) >= 11 is 0. The van der Waals surface area contributed by atoms with E-state index in [0.717, 1.165) is 12.1 Å². The molecule has 0 aliphatic heterocycles. The van der Waals surface area contributed by atoms with Crippen LogP contribution in [0.25, 0.3) is 0 Å². The highest BCUT2D eigenvalue weighted by atomic mass is 19.3. The number of ether oxygens (including phenoxy) is 1. The first-order valence-electron chi connectivity index (χ1n) is 4.22. The summed E-state index contributed by atoms with van der Waals surface area (Å²) in [5, 5.41) is 0. The summed E-state index contributed by atoms with van der Waals surface area (Å²) in [6, 6.07) is 3.45. The number of hydrogen-bond acceptors (Lipinski definition) is 2. The van der Waals surface area contributed by atoms with Gasteiger partial charge in [-0.1, -0.05) is 0 Å². The summed E-state index contributed by atoms with van der Waals surface area (Å²) in [4.78, 5) is 10.8. The monoisotopic (exact) mass is 218 g/mol. The Morgan fingerprint density at radius 2 is 2.13 bits per heavy atom. The Morgan fingerprint density at radius 3 is 2.60 bits per heavy atom. The zero-order valence-corrected chi connectivity index (χ0v) is 7.97. The Kier molecular flexibility index (Phi) is 3.71. The molecule has 5 heteroatoms. The SMILES string of the molecule is CC(=O)c1ccc(OCC(F)F)c(F)c1. The van der Waals surface area contributed by atoms with Crippen LogP contribution in [0, 0.1) is 5.82 Å². The molecule has 1 rings (SSSR count). The molecule has 0 atom stereocenters. The highest BCUT2D eigenvalue weighted by molar-refractivity contribution is 5.94. The number of benzene rings is 1. The number of rotatable bonds is 4. The van der Waals surface area contributed by atoms with Crippen molar-refractivity contribution >= 4 is 5.78 Å². The van der Waals surface area contributed by atoms with Crippen LogP contribution in [0.3, 0.4) is 0 Å². The molecule has 0 heterocycles. The van der Waals surface area contributed by atoms with Crippen LogP contribution >= 0.6 is 0 Å². The fraction of sp³-hybridized carbons (Fsp3) is 0.300. The average molecular weight is 218 g/mol. The summed E-state index contributed by atoms with van der Waals surface area (Å²) in [5.74, 6) is -1.39. The molecule has 0 spiro atoms. The number of halogens is 3. The van der Waals surface area contributed by atoms with Crippen molar-refractivity contribution in [1.29, 1.82) is 0 Å². The summed E-state index contributed by atoms with van der Waals surface area (Å²) < 4.78 is 41.2. The van der Waals surface area contributed by atoms with E-state index in [1.54, 1.807) is 0 Å². The van der Waals surface area contributed by atoms with Crippen LogP contribution in [0.1, 0.15) is 17.3 Å². The summed E-state index contributed by atoms with van der Waals surface area (Å²) in [5.41, 5.74) is 0.178. The molecule has 0 saturated carbocycles. The first-order valence-corrected chi connectivity index (χ1v) is 4.22. The van der Waals surface area contributed by atoms with E-state index >= 15 is 0 Å². The van der Waals surface area contributed by atoms with Crippen LogP contribution in [0.2, 0.25) is 0 Å². The third-order valence-electron chi connectivity index (χ3n) is 1.70. The van der Waals surface area contributed by atoms with Gasteiger partial charge in [0, 0.05) is 5.56 Å². The molecular formula is C10H9F3O2. The lowest BCUT2D eigenvalue weighted by Crippen LogP contribution is -2.08. The van der Waals surface area contributed by atoms with Gasteiger partial charge in [-0.3, -0.25) is 4.79 Å². The molecule has 0 unspecified atom stereocenters. The van der Waals surface area contributed by atoms with Gasteiger partial charge in [0.15, 0.2) is 17.3 Å². The largest absolute Gasteiger partial charge is 0.485 e. The van der Waals surface area contributed by atoms with Crippen molar-refractivity contribution in [2.75, 3.05) is 6.61 Å². The first kappa shape index (κ1) is 11.6. The van der Waals surface area contributed by atoms with E-state index in [0.29, 0.717) is 0 Å². The molecule has 15 heavy (non-hydrogen) atoms. The van der Waals surface area contributed by atoms with Crippen LogP contribution in [-0.2, 0) is 0 Å². The summed E-state index contributed by atoms with van der Waals surface area (Å²) in [6.45, 7) is 0.421. The first-order chi connectivity index (χ1) is 7.00. The molecule has 82 valence electrons. The minimum Gasteiger partial charge on any atom is -0.485 e. The molecule has 1 aromatic carbocycles. The van der Waals surface area contributed by atoms with Gasteiger partial charge in [-0.2, -0.15) is 0 Å². The predicted molar refractivity (Wildman–Crippen MR) is 47.9 cm³/mol. The maximum atomic E-state index is 13.1. The maximum Gasteiger partial charge on any atom is 0.272 e. The Labute approximate surface area is 84.7 Å². The predicted octanol–water partition coefficient (Wildman–Crippen LogP) is 2.67. The van der Waals surface area contributed by atoms with Gasteiger partial charge < -0.3 is 4.74 Å². The molecule has 0 aliphatic carbocycles. The zero-order valence-electron chi connectivity index (χ0n) is 7.97. The number of ketones is 1. The van der Waals surface area contributed by atoms with Gasteiger partial charge in [0.25, 0.3) is 6.43 Å². The number of carbonyl (C=O) groups is 1. The fourth-order valence-electron chi connectivity index (χ4n) is 0.990. The molecule has 0 aromatic heterocycles. The number of carbonyl (C=O) groups excluding carboxylic acids is 1. The number of alkyl halides is 2. The van der Waals surface area contributed by atoms with Gasteiger partial charge in [0.05, 0.1) is 0 Å². The van der Waals surface area contributed by atoms with Gasteiger partial charge in [-0.15, -0.1) is 0 Å². The van der Waals surface area contributed by atoms with E-state index in [1.165, 1.54) is 13.0 Å². The van der Waals surface area contributed by atoms with Crippen molar-refractivity contribution in [3.05, 3.63) is 29.6 Å². The lowest BCUT2D eigenvalue weighted by molar-refractivity contribution is 0.0798. The van der Waals surface area contributed by atoms with Crippen molar-refractivity contribution in [2.24, 2.45) is 0 Å². The van der Waals surface area contributed by atoms with Crippen molar-refractivity contribution < 1.29 is 22.7 Å². The molecule has 0 N–H and O–H groups in total.